The second kappa shape index (κ2) is 9.10. The van der Waals surface area contributed by atoms with Gasteiger partial charge >= 0.3 is 0 Å². The lowest BCUT2D eigenvalue weighted by Crippen LogP contribution is -2.48. The van der Waals surface area contributed by atoms with Gasteiger partial charge in [0.15, 0.2) is 0 Å². The van der Waals surface area contributed by atoms with E-state index in [4.69, 9.17) is 0 Å². The minimum absolute atomic E-state index is 0. The predicted molar refractivity (Wildman–Crippen MR) is 95.1 cm³/mol. The molecular formula is C15H19Cl2N3OS. The minimum atomic E-state index is 0. The first-order chi connectivity index (χ1) is 9.81. The number of nitrogens with zero attached hydrogens (tertiary/aromatic N) is 1. The molecule has 7 heteroatoms. The molecule has 2 heterocycles. The number of nitrogens with one attached hydrogen (secondary N) is 2. The van der Waals surface area contributed by atoms with E-state index in [9.17, 15) is 4.79 Å². The molecule has 0 unspecified atom stereocenters. The van der Waals surface area contributed by atoms with Crippen molar-refractivity contribution in [2.45, 2.75) is 6.42 Å². The fourth-order valence-electron chi connectivity index (χ4n) is 2.08. The summed E-state index contributed by atoms with van der Waals surface area (Å²) in [6.07, 6.45) is 0.365. The third kappa shape index (κ3) is 4.95. The molecule has 0 aliphatic carbocycles. The lowest BCUT2D eigenvalue weighted by molar-refractivity contribution is -0.120. The fourth-order valence-corrected chi connectivity index (χ4v) is 2.91. The van der Waals surface area contributed by atoms with Crippen LogP contribution in [-0.4, -0.2) is 30.5 Å². The van der Waals surface area contributed by atoms with Gasteiger partial charge in [-0.2, -0.15) is 0 Å². The number of benzene rings is 1. The number of thiazole rings is 1. The van der Waals surface area contributed by atoms with E-state index in [1.807, 2.05) is 35.7 Å². The Morgan fingerprint density at radius 2 is 2.00 bits per heavy atom. The molecule has 1 saturated heterocycles. The highest BCUT2D eigenvalue weighted by Gasteiger charge is 2.17. The number of hydrogen-bond donors (Lipinski definition) is 2. The van der Waals surface area contributed by atoms with Crippen molar-refractivity contribution in [2.24, 2.45) is 5.92 Å². The Morgan fingerprint density at radius 1 is 1.27 bits per heavy atom. The van der Waals surface area contributed by atoms with Crippen LogP contribution in [0.2, 0.25) is 0 Å². The van der Waals surface area contributed by atoms with E-state index in [-0.39, 0.29) is 30.7 Å². The first kappa shape index (κ1) is 18.9. The van der Waals surface area contributed by atoms with Gasteiger partial charge in [0.1, 0.15) is 5.01 Å². The number of carbonyl (C=O) groups is 1. The normalized spacial score (nSPS) is 13.5. The summed E-state index contributed by atoms with van der Waals surface area (Å²) in [5.74, 6) is 0.649. The van der Waals surface area contributed by atoms with Crippen LogP contribution >= 0.6 is 36.2 Å². The molecule has 0 radical (unpaired) electrons. The number of carbonyl (C=O) groups excluding carboxylic acids is 1. The van der Waals surface area contributed by atoms with E-state index < -0.39 is 0 Å². The first-order valence-corrected chi connectivity index (χ1v) is 7.66. The van der Waals surface area contributed by atoms with E-state index >= 15 is 0 Å². The first-order valence-electron chi connectivity index (χ1n) is 6.78. The Balaban J connectivity index is 0.00000121. The SMILES string of the molecule is Cl.Cl.O=C(Cc1csc(-c2ccccc2)n1)NCC1CNC1. The summed E-state index contributed by atoms with van der Waals surface area (Å²) < 4.78 is 0. The van der Waals surface area contributed by atoms with Gasteiger partial charge in [0.05, 0.1) is 12.1 Å². The summed E-state index contributed by atoms with van der Waals surface area (Å²) in [4.78, 5) is 16.4. The summed E-state index contributed by atoms with van der Waals surface area (Å²) in [6, 6.07) is 10.0. The standard InChI is InChI=1S/C15H17N3OS.2ClH/c19-14(17-9-11-7-16-8-11)6-13-10-20-15(18-13)12-4-2-1-3-5-12;;/h1-5,10-11,16H,6-9H2,(H,17,19);2*1H. The molecule has 0 saturated carbocycles. The van der Waals surface area contributed by atoms with Gasteiger partial charge in [-0.3, -0.25) is 4.79 Å². The average molecular weight is 360 g/mol. The number of rotatable bonds is 5. The molecule has 2 N–H and O–H groups in total. The second-order valence-electron chi connectivity index (χ2n) is 5.02. The molecule has 1 amide bonds. The topological polar surface area (TPSA) is 54.0 Å². The van der Waals surface area contributed by atoms with Gasteiger partial charge in [-0.25, -0.2) is 4.98 Å². The molecule has 4 nitrogen and oxygen atoms in total. The van der Waals surface area contributed by atoms with Crippen LogP contribution in [0.15, 0.2) is 35.7 Å². The van der Waals surface area contributed by atoms with Gasteiger partial charge in [0.25, 0.3) is 0 Å². The van der Waals surface area contributed by atoms with Crippen molar-refractivity contribution >= 4 is 42.1 Å². The van der Waals surface area contributed by atoms with Crippen LogP contribution in [0.3, 0.4) is 0 Å². The van der Waals surface area contributed by atoms with Crippen LogP contribution in [0.5, 0.6) is 0 Å². The third-order valence-corrected chi connectivity index (χ3v) is 4.31. The smallest absolute Gasteiger partial charge is 0.226 e. The van der Waals surface area contributed by atoms with E-state index in [1.54, 1.807) is 11.3 Å². The van der Waals surface area contributed by atoms with Gasteiger partial charge in [-0.05, 0) is 0 Å². The summed E-state index contributed by atoms with van der Waals surface area (Å²) >= 11 is 1.58. The molecule has 1 aliphatic rings. The summed E-state index contributed by atoms with van der Waals surface area (Å²) in [6.45, 7) is 2.78. The molecule has 22 heavy (non-hydrogen) atoms. The second-order valence-corrected chi connectivity index (χ2v) is 5.87. The fraction of sp³-hybridized carbons (Fsp3) is 0.333. The molecule has 1 aliphatic heterocycles. The highest BCUT2D eigenvalue weighted by molar-refractivity contribution is 7.13. The molecule has 1 fully saturated rings. The monoisotopic (exact) mass is 359 g/mol. The Morgan fingerprint density at radius 3 is 2.64 bits per heavy atom. The van der Waals surface area contributed by atoms with Crippen molar-refractivity contribution in [3.05, 3.63) is 41.4 Å². The van der Waals surface area contributed by atoms with Crippen LogP contribution in [0.1, 0.15) is 5.69 Å². The van der Waals surface area contributed by atoms with Crippen LogP contribution in [0.4, 0.5) is 0 Å². The van der Waals surface area contributed by atoms with E-state index in [2.05, 4.69) is 15.6 Å². The Bertz CT molecular complexity index is 587. The van der Waals surface area contributed by atoms with Crippen molar-refractivity contribution < 1.29 is 4.79 Å². The number of amides is 1. The molecule has 1 aromatic carbocycles. The maximum Gasteiger partial charge on any atom is 0.226 e. The number of halogens is 2. The summed E-state index contributed by atoms with van der Waals surface area (Å²) in [5, 5.41) is 9.10. The zero-order valence-corrected chi connectivity index (χ0v) is 14.4. The molecule has 2 aromatic rings. The summed E-state index contributed by atoms with van der Waals surface area (Å²) in [7, 11) is 0. The zero-order valence-electron chi connectivity index (χ0n) is 12.0. The molecule has 0 bridgehead atoms. The van der Waals surface area contributed by atoms with E-state index in [0.29, 0.717) is 12.3 Å². The Labute approximate surface area is 146 Å². The molecule has 1 aromatic heterocycles. The quantitative estimate of drug-likeness (QED) is 0.862. The lowest BCUT2D eigenvalue weighted by Gasteiger charge is -2.26. The lowest BCUT2D eigenvalue weighted by atomic mass is 10.0. The van der Waals surface area contributed by atoms with Crippen LogP contribution in [0, 0.1) is 5.92 Å². The maximum atomic E-state index is 11.8. The van der Waals surface area contributed by atoms with E-state index in [1.165, 1.54) is 0 Å². The van der Waals surface area contributed by atoms with Crippen molar-refractivity contribution in [3.63, 3.8) is 0 Å². The van der Waals surface area contributed by atoms with Gasteiger partial charge in [0, 0.05) is 36.5 Å². The minimum Gasteiger partial charge on any atom is -0.355 e. The molecule has 0 atom stereocenters. The van der Waals surface area contributed by atoms with Gasteiger partial charge < -0.3 is 10.6 Å². The largest absolute Gasteiger partial charge is 0.355 e. The predicted octanol–water partition coefficient (Wildman–Crippen LogP) is 2.53. The van der Waals surface area contributed by atoms with Crippen molar-refractivity contribution in [1.82, 2.24) is 15.6 Å². The van der Waals surface area contributed by atoms with Crippen molar-refractivity contribution in [1.29, 1.82) is 0 Å². The molecule has 0 spiro atoms. The van der Waals surface area contributed by atoms with E-state index in [0.717, 1.165) is 35.9 Å². The van der Waals surface area contributed by atoms with Gasteiger partial charge in [0.2, 0.25) is 5.91 Å². The highest BCUT2D eigenvalue weighted by atomic mass is 35.5. The molecular weight excluding hydrogens is 341 g/mol. The molecule has 120 valence electrons. The number of aromatic nitrogens is 1. The average Bonchev–Trinajstić information content (AvgIpc) is 2.86. The van der Waals surface area contributed by atoms with Gasteiger partial charge in [-0.1, -0.05) is 30.3 Å². The Kier molecular flexibility index (Phi) is 7.82. The van der Waals surface area contributed by atoms with Gasteiger partial charge in [-0.15, -0.1) is 36.2 Å². The summed E-state index contributed by atoms with van der Waals surface area (Å²) in [5.41, 5.74) is 1.95. The van der Waals surface area contributed by atoms with Crippen LogP contribution in [0.25, 0.3) is 10.6 Å². The van der Waals surface area contributed by atoms with Crippen molar-refractivity contribution in [2.75, 3.05) is 19.6 Å². The molecule has 3 rings (SSSR count). The third-order valence-electron chi connectivity index (χ3n) is 3.37. The maximum absolute atomic E-state index is 11.8. The number of hydrogen-bond acceptors (Lipinski definition) is 4. The highest BCUT2D eigenvalue weighted by Crippen LogP contribution is 2.23. The van der Waals surface area contributed by atoms with Crippen LogP contribution < -0.4 is 10.6 Å². The Hall–Kier alpha value is -1.14. The van der Waals surface area contributed by atoms with Crippen LogP contribution in [-0.2, 0) is 11.2 Å². The van der Waals surface area contributed by atoms with Crippen molar-refractivity contribution in [3.8, 4) is 10.6 Å². The zero-order chi connectivity index (χ0) is 13.8.